The van der Waals surface area contributed by atoms with Crippen LogP contribution in [0.4, 0.5) is 0 Å². The second-order valence-corrected chi connectivity index (χ2v) is 5.26. The summed E-state index contributed by atoms with van der Waals surface area (Å²) in [6.07, 6.45) is 1.75. The fourth-order valence-corrected chi connectivity index (χ4v) is 3.36. The van der Waals surface area contributed by atoms with Crippen LogP contribution < -0.4 is 5.32 Å². The molecule has 0 saturated carbocycles. The number of nitrogens with one attached hydrogen (secondary N) is 1. The summed E-state index contributed by atoms with van der Waals surface area (Å²) in [6, 6.07) is 10.9. The van der Waals surface area contributed by atoms with Crippen molar-refractivity contribution in [2.24, 2.45) is 0 Å². The van der Waals surface area contributed by atoms with Crippen LogP contribution in [0, 0.1) is 6.92 Å². The molecule has 0 aliphatic heterocycles. The van der Waals surface area contributed by atoms with Crippen LogP contribution in [0.5, 0.6) is 0 Å². The van der Waals surface area contributed by atoms with Crippen molar-refractivity contribution in [1.82, 2.24) is 5.32 Å². The highest BCUT2D eigenvalue weighted by atomic mass is 32.1. The first-order valence-electron chi connectivity index (χ1n) is 5.98. The van der Waals surface area contributed by atoms with Crippen LogP contribution in [0.1, 0.15) is 22.9 Å². The Bertz CT molecular complexity index is 668. The van der Waals surface area contributed by atoms with E-state index in [0.717, 1.165) is 5.76 Å². The van der Waals surface area contributed by atoms with Gasteiger partial charge in [0, 0.05) is 10.3 Å². The number of hydrogen-bond donors (Lipinski definition) is 1. The number of fused-ring (bicyclic) bond motifs is 1. The van der Waals surface area contributed by atoms with E-state index in [1.54, 1.807) is 17.6 Å². The van der Waals surface area contributed by atoms with Crippen LogP contribution in [0.3, 0.4) is 0 Å². The Labute approximate surface area is 110 Å². The monoisotopic (exact) mass is 257 g/mol. The highest BCUT2D eigenvalue weighted by Gasteiger charge is 2.18. The molecular weight excluding hydrogens is 242 g/mol. The largest absolute Gasteiger partial charge is 0.469 e. The lowest BCUT2D eigenvalue weighted by molar-refractivity contribution is 0.523. The Balaban J connectivity index is 2.17. The first kappa shape index (κ1) is 11.5. The van der Waals surface area contributed by atoms with Crippen molar-refractivity contribution >= 4 is 21.4 Å². The van der Waals surface area contributed by atoms with Gasteiger partial charge < -0.3 is 9.73 Å². The van der Waals surface area contributed by atoms with Crippen LogP contribution in [0.25, 0.3) is 10.1 Å². The van der Waals surface area contributed by atoms with E-state index in [9.17, 15) is 0 Å². The lowest BCUT2D eigenvalue weighted by atomic mass is 9.98. The van der Waals surface area contributed by atoms with E-state index in [2.05, 4.69) is 35.0 Å². The summed E-state index contributed by atoms with van der Waals surface area (Å²) >= 11 is 1.79. The molecule has 1 aromatic carbocycles. The molecule has 0 radical (unpaired) electrons. The average molecular weight is 257 g/mol. The van der Waals surface area contributed by atoms with E-state index >= 15 is 0 Å². The molecule has 0 spiro atoms. The van der Waals surface area contributed by atoms with E-state index in [1.807, 2.05) is 20.0 Å². The van der Waals surface area contributed by atoms with Gasteiger partial charge in [-0.2, -0.15) is 0 Å². The second-order valence-electron chi connectivity index (χ2n) is 4.34. The third kappa shape index (κ3) is 1.76. The van der Waals surface area contributed by atoms with Crippen molar-refractivity contribution in [2.45, 2.75) is 13.0 Å². The lowest BCUT2D eigenvalue weighted by Crippen LogP contribution is -2.17. The Morgan fingerprint density at radius 1 is 1.17 bits per heavy atom. The second kappa shape index (κ2) is 4.59. The quantitative estimate of drug-likeness (QED) is 0.763. The first-order chi connectivity index (χ1) is 8.81. The topological polar surface area (TPSA) is 25.2 Å². The van der Waals surface area contributed by atoms with Gasteiger partial charge in [0.1, 0.15) is 5.76 Å². The van der Waals surface area contributed by atoms with Crippen LogP contribution >= 0.6 is 11.3 Å². The molecule has 1 unspecified atom stereocenters. The minimum atomic E-state index is 0.186. The summed E-state index contributed by atoms with van der Waals surface area (Å²) in [5, 5.41) is 6.84. The molecule has 2 aromatic heterocycles. The summed E-state index contributed by atoms with van der Waals surface area (Å²) in [6.45, 7) is 2.01. The number of rotatable bonds is 3. The van der Waals surface area contributed by atoms with Crippen molar-refractivity contribution in [3.63, 3.8) is 0 Å². The third-order valence-corrected chi connectivity index (χ3v) is 4.30. The fourth-order valence-electron chi connectivity index (χ4n) is 2.42. The molecule has 0 aliphatic rings. The van der Waals surface area contributed by atoms with Crippen molar-refractivity contribution in [1.29, 1.82) is 0 Å². The SMILES string of the molecule is CNC(c1ccoc1C)c1cccc2ccsc12. The molecule has 2 heterocycles. The zero-order valence-corrected chi connectivity index (χ0v) is 11.3. The highest BCUT2D eigenvalue weighted by molar-refractivity contribution is 7.17. The van der Waals surface area contributed by atoms with Gasteiger partial charge in [0.25, 0.3) is 0 Å². The standard InChI is InChI=1S/C15H15NOS/c1-10-12(6-8-17-10)14(16-2)13-5-3-4-11-7-9-18-15(11)13/h3-9,14,16H,1-2H3. The number of benzene rings is 1. The fraction of sp³-hybridized carbons (Fsp3) is 0.200. The highest BCUT2D eigenvalue weighted by Crippen LogP contribution is 2.33. The summed E-state index contributed by atoms with van der Waals surface area (Å²) in [4.78, 5) is 0. The van der Waals surface area contributed by atoms with Gasteiger partial charge in [0.2, 0.25) is 0 Å². The Kier molecular flexibility index (Phi) is 2.94. The van der Waals surface area contributed by atoms with Gasteiger partial charge in [0.05, 0.1) is 12.3 Å². The van der Waals surface area contributed by atoms with E-state index in [1.165, 1.54) is 21.2 Å². The van der Waals surface area contributed by atoms with E-state index < -0.39 is 0 Å². The molecule has 92 valence electrons. The van der Waals surface area contributed by atoms with Crippen molar-refractivity contribution in [2.75, 3.05) is 7.05 Å². The van der Waals surface area contributed by atoms with Crippen LogP contribution in [-0.4, -0.2) is 7.05 Å². The Morgan fingerprint density at radius 2 is 2.06 bits per heavy atom. The predicted octanol–water partition coefficient (Wildman–Crippen LogP) is 4.11. The minimum Gasteiger partial charge on any atom is -0.469 e. The Morgan fingerprint density at radius 3 is 2.78 bits per heavy atom. The molecule has 1 atom stereocenters. The van der Waals surface area contributed by atoms with E-state index in [4.69, 9.17) is 4.42 Å². The van der Waals surface area contributed by atoms with Gasteiger partial charge in [-0.15, -0.1) is 11.3 Å². The summed E-state index contributed by atoms with van der Waals surface area (Å²) in [5.41, 5.74) is 2.52. The van der Waals surface area contributed by atoms with Gasteiger partial charge in [0.15, 0.2) is 0 Å². The van der Waals surface area contributed by atoms with Crippen LogP contribution in [0.15, 0.2) is 46.4 Å². The van der Waals surface area contributed by atoms with Crippen molar-refractivity contribution in [3.05, 3.63) is 58.9 Å². The summed E-state index contributed by atoms with van der Waals surface area (Å²) in [5.74, 6) is 0.975. The maximum Gasteiger partial charge on any atom is 0.105 e. The predicted molar refractivity (Wildman–Crippen MR) is 76.2 cm³/mol. The molecule has 3 heteroatoms. The number of aryl methyl sites for hydroxylation is 1. The summed E-state index contributed by atoms with van der Waals surface area (Å²) < 4.78 is 6.77. The molecule has 2 nitrogen and oxygen atoms in total. The molecule has 0 amide bonds. The molecule has 0 aliphatic carbocycles. The van der Waals surface area contributed by atoms with Gasteiger partial charge >= 0.3 is 0 Å². The van der Waals surface area contributed by atoms with E-state index in [0.29, 0.717) is 0 Å². The number of thiophene rings is 1. The maximum absolute atomic E-state index is 5.43. The number of hydrogen-bond acceptors (Lipinski definition) is 3. The van der Waals surface area contributed by atoms with Gasteiger partial charge in [-0.3, -0.25) is 0 Å². The molecule has 0 bridgehead atoms. The maximum atomic E-state index is 5.43. The van der Waals surface area contributed by atoms with Crippen LogP contribution in [0.2, 0.25) is 0 Å². The lowest BCUT2D eigenvalue weighted by Gasteiger charge is -2.17. The molecular formula is C15H15NOS. The third-order valence-electron chi connectivity index (χ3n) is 3.32. The molecule has 0 saturated heterocycles. The molecule has 18 heavy (non-hydrogen) atoms. The van der Waals surface area contributed by atoms with Crippen molar-refractivity contribution < 1.29 is 4.42 Å². The average Bonchev–Trinajstić information content (AvgIpc) is 3.00. The van der Waals surface area contributed by atoms with Crippen LogP contribution in [-0.2, 0) is 0 Å². The first-order valence-corrected chi connectivity index (χ1v) is 6.86. The smallest absolute Gasteiger partial charge is 0.105 e. The van der Waals surface area contributed by atoms with E-state index in [-0.39, 0.29) is 6.04 Å². The molecule has 1 N–H and O–H groups in total. The van der Waals surface area contributed by atoms with Gasteiger partial charge in [-0.05, 0) is 42.4 Å². The van der Waals surface area contributed by atoms with Gasteiger partial charge in [-0.1, -0.05) is 18.2 Å². The normalized spacial score (nSPS) is 13.0. The van der Waals surface area contributed by atoms with Crippen molar-refractivity contribution in [3.8, 4) is 0 Å². The molecule has 3 rings (SSSR count). The minimum absolute atomic E-state index is 0.186. The molecule has 3 aromatic rings. The Hall–Kier alpha value is -1.58. The number of furan rings is 1. The zero-order chi connectivity index (χ0) is 12.5. The van der Waals surface area contributed by atoms with Gasteiger partial charge in [-0.25, -0.2) is 0 Å². The zero-order valence-electron chi connectivity index (χ0n) is 10.4. The molecule has 0 fully saturated rings. The summed E-state index contributed by atoms with van der Waals surface area (Å²) in [7, 11) is 1.99.